The van der Waals surface area contributed by atoms with Gasteiger partial charge in [-0.15, -0.1) is 54.4 Å². The SMILES string of the molecule is CC1=[C-]CC=C1C.[F-].[F-].[Hf+4].c1ccc2[cH-]c(-n3c4c(c5ccccc53)CCCC4)cc2c1. The second kappa shape index (κ2) is 11.1. The van der Waals surface area contributed by atoms with Gasteiger partial charge >= 0.3 is 25.8 Å². The number of hydrogen-bond acceptors (Lipinski definition) is 0. The molecule has 0 radical (unpaired) electrons. The van der Waals surface area contributed by atoms with Crippen LogP contribution in [0.5, 0.6) is 0 Å². The number of para-hydroxylation sites is 1. The normalized spacial score (nSPS) is 14.2. The Balaban J connectivity index is 0.000000317. The molecule has 0 fully saturated rings. The van der Waals surface area contributed by atoms with Crippen molar-refractivity contribution in [3.8, 4) is 5.69 Å². The third-order valence-electron chi connectivity index (χ3n) is 6.41. The topological polar surface area (TPSA) is 4.93 Å². The van der Waals surface area contributed by atoms with Gasteiger partial charge in [0.25, 0.3) is 0 Å². The van der Waals surface area contributed by atoms with E-state index in [1.165, 1.54) is 69.9 Å². The predicted octanol–water partition coefficient (Wildman–Crippen LogP) is 1.47. The molecule has 1 heterocycles. The van der Waals surface area contributed by atoms with Gasteiger partial charge in [-0.25, -0.2) is 11.1 Å². The van der Waals surface area contributed by atoms with Crippen molar-refractivity contribution in [3.63, 3.8) is 0 Å². The number of aryl methyl sites for hydroxylation is 1. The number of rotatable bonds is 1. The van der Waals surface area contributed by atoms with Crippen molar-refractivity contribution in [2.45, 2.75) is 46.0 Å². The number of benzene rings is 2. The average Bonchev–Trinajstić information content (AvgIpc) is 3.43. The maximum absolute atomic E-state index is 3.19. The number of fused-ring (bicyclic) bond motifs is 4. The smallest absolute Gasteiger partial charge is 1.00 e. The number of halogens is 2. The van der Waals surface area contributed by atoms with Crippen molar-refractivity contribution >= 4 is 21.7 Å². The van der Waals surface area contributed by atoms with Gasteiger partial charge in [0.2, 0.25) is 0 Å². The van der Waals surface area contributed by atoms with Crippen molar-refractivity contribution in [2.24, 2.45) is 0 Å². The molecule has 1 nitrogen and oxygen atoms in total. The van der Waals surface area contributed by atoms with E-state index in [4.69, 9.17) is 0 Å². The molecule has 0 aliphatic heterocycles. The van der Waals surface area contributed by atoms with Crippen LogP contribution in [0, 0.1) is 6.08 Å². The molecule has 0 spiro atoms. The number of hydrogen-bond donors (Lipinski definition) is 0. The molecule has 2 aliphatic rings. The third-order valence-corrected chi connectivity index (χ3v) is 6.41. The molecule has 6 rings (SSSR count). The fourth-order valence-corrected chi connectivity index (χ4v) is 4.70. The van der Waals surface area contributed by atoms with Crippen LogP contribution in [0.2, 0.25) is 0 Å². The van der Waals surface area contributed by atoms with Crippen LogP contribution >= 0.6 is 0 Å². The van der Waals surface area contributed by atoms with Crippen molar-refractivity contribution in [1.82, 2.24) is 4.57 Å². The minimum Gasteiger partial charge on any atom is -1.00 e. The summed E-state index contributed by atoms with van der Waals surface area (Å²) in [5, 5.41) is 4.11. The Morgan fingerprint density at radius 3 is 2.31 bits per heavy atom. The summed E-state index contributed by atoms with van der Waals surface area (Å²) in [7, 11) is 0. The van der Waals surface area contributed by atoms with Crippen LogP contribution in [0.3, 0.4) is 0 Å². The van der Waals surface area contributed by atoms with Crippen LogP contribution < -0.4 is 9.41 Å². The Kier molecular flexibility index (Phi) is 9.03. The molecule has 0 saturated carbocycles. The van der Waals surface area contributed by atoms with Crippen molar-refractivity contribution in [3.05, 3.63) is 95.2 Å². The maximum Gasteiger partial charge on any atom is 4.00 e. The summed E-state index contributed by atoms with van der Waals surface area (Å²) >= 11 is 0. The standard InChI is InChI=1S/C21H18N.C7H9.2FH.Hf/c1-2-8-16-14-17(13-15(16)7-1)22-20-11-5-3-9-18(20)19-10-4-6-12-21(19)22;1-6-4-3-5-7(6)2;;;/h1-3,5,7-9,11,13-14H,4,6,10,12H2;4H,3H2,1-2H3;2*1H;/q2*-1;;;+4/p-2. The summed E-state index contributed by atoms with van der Waals surface area (Å²) in [6, 6.07) is 22.2. The molecule has 2 aliphatic carbocycles. The largest absolute Gasteiger partial charge is 4.00 e. The molecule has 3 aromatic carbocycles. The molecule has 0 atom stereocenters. The fourth-order valence-electron chi connectivity index (χ4n) is 4.70. The predicted molar refractivity (Wildman–Crippen MR) is 124 cm³/mol. The molecule has 4 aromatic rings. The van der Waals surface area contributed by atoms with E-state index in [-0.39, 0.29) is 35.3 Å². The van der Waals surface area contributed by atoms with E-state index in [0.29, 0.717) is 0 Å². The molecule has 1 aromatic heterocycles. The Hall–Kier alpha value is -2.20. The molecule has 0 saturated heterocycles. The molecule has 162 valence electrons. The van der Waals surface area contributed by atoms with E-state index in [1.54, 1.807) is 5.56 Å². The zero-order chi connectivity index (χ0) is 19.8. The first kappa shape index (κ1) is 26.1. The summed E-state index contributed by atoms with van der Waals surface area (Å²) in [5.41, 5.74) is 8.50. The molecule has 0 bridgehead atoms. The monoisotopic (exact) mass is 595 g/mol. The summed E-state index contributed by atoms with van der Waals surface area (Å²) < 4.78 is 2.50. The van der Waals surface area contributed by atoms with Gasteiger partial charge in [0, 0.05) is 11.1 Å². The minimum absolute atomic E-state index is 0. The van der Waals surface area contributed by atoms with E-state index in [9.17, 15) is 0 Å². The van der Waals surface area contributed by atoms with Gasteiger partial charge in [0.1, 0.15) is 0 Å². The second-order valence-corrected chi connectivity index (χ2v) is 8.22. The fraction of sp³-hybridized carbons (Fsp3) is 0.250. The molecule has 0 N–H and O–H groups in total. The van der Waals surface area contributed by atoms with Gasteiger partial charge in [0.05, 0.1) is 5.52 Å². The van der Waals surface area contributed by atoms with E-state index in [2.05, 4.69) is 91.2 Å². The van der Waals surface area contributed by atoms with Gasteiger partial charge in [-0.2, -0.15) is 6.08 Å². The summed E-state index contributed by atoms with van der Waals surface area (Å²) in [6.07, 6.45) is 11.5. The summed E-state index contributed by atoms with van der Waals surface area (Å²) in [6.45, 7) is 4.22. The first-order chi connectivity index (χ1) is 14.2. The van der Waals surface area contributed by atoms with E-state index in [1.807, 2.05) is 0 Å². The number of aromatic nitrogens is 1. The molecule has 4 heteroatoms. The number of allylic oxidation sites excluding steroid dienone is 4. The maximum atomic E-state index is 3.19. The first-order valence-electron chi connectivity index (χ1n) is 10.7. The zero-order valence-corrected chi connectivity index (χ0v) is 22.2. The summed E-state index contributed by atoms with van der Waals surface area (Å²) in [4.78, 5) is 0. The van der Waals surface area contributed by atoms with Crippen LogP contribution in [-0.2, 0) is 38.7 Å². The average molecular weight is 594 g/mol. The Bertz CT molecular complexity index is 1210. The van der Waals surface area contributed by atoms with Gasteiger partial charge in [-0.3, -0.25) is 6.08 Å². The van der Waals surface area contributed by atoms with Gasteiger partial charge in [-0.1, -0.05) is 31.2 Å². The van der Waals surface area contributed by atoms with Crippen molar-refractivity contribution in [2.75, 3.05) is 0 Å². The molecular weight excluding hydrogens is 567 g/mol. The van der Waals surface area contributed by atoms with Gasteiger partial charge in [-0.05, 0) is 43.0 Å². The minimum atomic E-state index is 0. The van der Waals surface area contributed by atoms with Crippen LogP contribution in [0.1, 0.15) is 44.4 Å². The molecule has 0 amide bonds. The third kappa shape index (κ3) is 4.76. The Morgan fingerprint density at radius 2 is 1.62 bits per heavy atom. The zero-order valence-electron chi connectivity index (χ0n) is 18.6. The van der Waals surface area contributed by atoms with Gasteiger partial charge in [0.15, 0.2) is 0 Å². The summed E-state index contributed by atoms with van der Waals surface area (Å²) in [5.74, 6) is 0. The first-order valence-corrected chi connectivity index (χ1v) is 10.7. The van der Waals surface area contributed by atoms with E-state index in [0.717, 1.165) is 6.42 Å². The van der Waals surface area contributed by atoms with Gasteiger partial charge < -0.3 is 14.0 Å². The van der Waals surface area contributed by atoms with Crippen molar-refractivity contribution < 1.29 is 35.3 Å². The van der Waals surface area contributed by atoms with Crippen LogP contribution in [0.15, 0.2) is 77.9 Å². The van der Waals surface area contributed by atoms with E-state index < -0.39 is 0 Å². The Labute approximate surface area is 207 Å². The van der Waals surface area contributed by atoms with E-state index >= 15 is 0 Å². The molecule has 32 heavy (non-hydrogen) atoms. The Morgan fingerprint density at radius 1 is 0.906 bits per heavy atom. The van der Waals surface area contributed by atoms with Crippen LogP contribution in [0.25, 0.3) is 27.4 Å². The molecule has 0 unspecified atom stereocenters. The second-order valence-electron chi connectivity index (χ2n) is 8.22. The van der Waals surface area contributed by atoms with Crippen LogP contribution in [-0.4, -0.2) is 4.57 Å². The number of nitrogens with zero attached hydrogens (tertiary/aromatic N) is 1. The van der Waals surface area contributed by atoms with Crippen molar-refractivity contribution in [1.29, 1.82) is 0 Å². The van der Waals surface area contributed by atoms with Crippen LogP contribution in [0.4, 0.5) is 0 Å². The quantitative estimate of drug-likeness (QED) is 0.233. The molecular formula is C28H27F2HfN.